The topological polar surface area (TPSA) is 60.4 Å². The molecular weight excluding hydrogens is 68.0 g/mol. The van der Waals surface area contributed by atoms with Gasteiger partial charge in [0.1, 0.15) is 0 Å². The van der Waals surface area contributed by atoms with Gasteiger partial charge < -0.3 is 5.11 Å². The van der Waals surface area contributed by atoms with Crippen LogP contribution in [-0.2, 0) is 0 Å². The zero-order valence-corrected chi connectivity index (χ0v) is 2.89. The van der Waals surface area contributed by atoms with Gasteiger partial charge >= 0.3 is 0 Å². The SMILES string of the molecule is N[N]CCO. The van der Waals surface area contributed by atoms with E-state index in [-0.39, 0.29) is 6.61 Å². The number of nitrogens with zero attached hydrogens (tertiary/aromatic N) is 1. The normalized spacial score (nSPS) is 8.40. The van der Waals surface area contributed by atoms with E-state index < -0.39 is 0 Å². The highest BCUT2D eigenvalue weighted by Crippen LogP contribution is 1.43. The van der Waals surface area contributed by atoms with Crippen LogP contribution in [0, 0.1) is 0 Å². The third kappa shape index (κ3) is 3.88. The maximum Gasteiger partial charge on any atom is 0.0587 e. The highest BCUT2D eigenvalue weighted by molar-refractivity contribution is 4.23. The molecule has 0 spiro atoms. The van der Waals surface area contributed by atoms with Crippen molar-refractivity contribution in [1.29, 1.82) is 0 Å². The highest BCUT2D eigenvalue weighted by atomic mass is 16.3. The van der Waals surface area contributed by atoms with Gasteiger partial charge in [0.05, 0.1) is 13.2 Å². The fourth-order valence-electron chi connectivity index (χ4n) is 0.0577. The van der Waals surface area contributed by atoms with Gasteiger partial charge in [0.25, 0.3) is 0 Å². The third-order valence-corrected chi connectivity index (χ3v) is 0.229. The van der Waals surface area contributed by atoms with E-state index in [0.717, 1.165) is 0 Å². The summed E-state index contributed by atoms with van der Waals surface area (Å²) in [5.41, 5.74) is 3.10. The summed E-state index contributed by atoms with van der Waals surface area (Å²) >= 11 is 0. The van der Waals surface area contributed by atoms with Crippen molar-refractivity contribution in [3.05, 3.63) is 0 Å². The largest absolute Gasteiger partial charge is 0.395 e. The summed E-state index contributed by atoms with van der Waals surface area (Å²) in [6, 6.07) is 0. The Kier molecular flexibility index (Phi) is 3.79. The molecule has 0 amide bonds. The molecule has 0 aliphatic carbocycles. The number of hydrogen-bond acceptors (Lipinski definition) is 2. The van der Waals surface area contributed by atoms with Crippen molar-refractivity contribution in [2.45, 2.75) is 0 Å². The average Bonchev–Trinajstić information content (AvgIpc) is 1.41. The van der Waals surface area contributed by atoms with Crippen LogP contribution in [0.3, 0.4) is 0 Å². The van der Waals surface area contributed by atoms with E-state index in [1.807, 2.05) is 0 Å². The molecule has 31 valence electrons. The Morgan fingerprint density at radius 2 is 2.40 bits per heavy atom. The number of hydrogen-bond donors (Lipinski definition) is 2. The number of aliphatic hydroxyl groups is 1. The highest BCUT2D eigenvalue weighted by Gasteiger charge is 1.68. The summed E-state index contributed by atoms with van der Waals surface area (Å²) in [5.74, 6) is 4.60. The molecule has 5 heavy (non-hydrogen) atoms. The zero-order valence-electron chi connectivity index (χ0n) is 2.89. The van der Waals surface area contributed by atoms with Crippen LogP contribution in [0.4, 0.5) is 0 Å². The molecule has 0 aromatic rings. The fourth-order valence-corrected chi connectivity index (χ4v) is 0.0577. The van der Waals surface area contributed by atoms with Crippen molar-refractivity contribution < 1.29 is 5.11 Å². The van der Waals surface area contributed by atoms with Gasteiger partial charge in [-0.2, -0.15) is 5.43 Å². The second-order valence-corrected chi connectivity index (χ2v) is 0.630. The predicted octanol–water partition coefficient (Wildman–Crippen LogP) is -1.54. The van der Waals surface area contributed by atoms with Crippen molar-refractivity contribution in [1.82, 2.24) is 5.43 Å². The van der Waals surface area contributed by atoms with Crippen LogP contribution in [0.15, 0.2) is 0 Å². The van der Waals surface area contributed by atoms with Gasteiger partial charge in [0.15, 0.2) is 0 Å². The molecule has 0 aliphatic rings. The number of rotatable bonds is 2. The molecule has 0 atom stereocenters. The summed E-state index contributed by atoms with van der Waals surface area (Å²) in [6.07, 6.45) is 0. The minimum atomic E-state index is 0.0521. The Bertz CT molecular complexity index is 15.1. The van der Waals surface area contributed by atoms with Gasteiger partial charge in [-0.3, -0.25) is 5.84 Å². The van der Waals surface area contributed by atoms with Gasteiger partial charge in [-0.25, -0.2) is 0 Å². The average molecular weight is 75.1 g/mol. The standard InChI is InChI=1S/C2H7N2O/c3-4-1-2-5/h5H,1-3H2. The molecule has 0 aromatic heterocycles. The molecule has 0 fully saturated rings. The minimum absolute atomic E-state index is 0.0521. The maximum atomic E-state index is 7.89. The first-order valence-corrected chi connectivity index (χ1v) is 1.39. The Morgan fingerprint density at radius 3 is 2.40 bits per heavy atom. The van der Waals surface area contributed by atoms with Crippen LogP contribution in [-0.4, -0.2) is 18.3 Å². The molecule has 0 heterocycles. The third-order valence-electron chi connectivity index (χ3n) is 0.229. The van der Waals surface area contributed by atoms with E-state index in [4.69, 9.17) is 5.11 Å². The molecule has 0 aliphatic heterocycles. The lowest BCUT2D eigenvalue weighted by Gasteiger charge is -1.81. The molecular formula is C2H7N2O. The molecule has 0 bridgehead atoms. The first-order valence-electron chi connectivity index (χ1n) is 1.39. The summed E-state index contributed by atoms with van der Waals surface area (Å²) in [4.78, 5) is 0. The first-order chi connectivity index (χ1) is 2.41. The predicted molar refractivity (Wildman–Crippen MR) is 18.3 cm³/mol. The van der Waals surface area contributed by atoms with Crippen molar-refractivity contribution >= 4 is 0 Å². The van der Waals surface area contributed by atoms with Crippen LogP contribution in [0.25, 0.3) is 0 Å². The Morgan fingerprint density at radius 1 is 1.80 bits per heavy atom. The molecule has 0 rings (SSSR count). The summed E-state index contributed by atoms with van der Waals surface area (Å²) in [5, 5.41) is 7.89. The van der Waals surface area contributed by atoms with Crippen LogP contribution in [0.1, 0.15) is 0 Å². The molecule has 3 N–H and O–H groups in total. The van der Waals surface area contributed by atoms with Crippen LogP contribution >= 0.6 is 0 Å². The second-order valence-electron chi connectivity index (χ2n) is 0.630. The molecule has 3 heteroatoms. The summed E-state index contributed by atoms with van der Waals surface area (Å²) in [7, 11) is 0. The summed E-state index contributed by atoms with van der Waals surface area (Å²) in [6.45, 7) is 0.399. The monoisotopic (exact) mass is 75.1 g/mol. The summed E-state index contributed by atoms with van der Waals surface area (Å²) < 4.78 is 0. The van der Waals surface area contributed by atoms with Crippen molar-refractivity contribution in [3.8, 4) is 0 Å². The van der Waals surface area contributed by atoms with E-state index >= 15 is 0 Å². The van der Waals surface area contributed by atoms with Gasteiger partial charge in [-0.05, 0) is 0 Å². The smallest absolute Gasteiger partial charge is 0.0587 e. The van der Waals surface area contributed by atoms with Crippen LogP contribution in [0.2, 0.25) is 0 Å². The van der Waals surface area contributed by atoms with E-state index in [1.54, 1.807) is 0 Å². The maximum absolute atomic E-state index is 7.89. The Hall–Kier alpha value is -0.120. The minimum Gasteiger partial charge on any atom is -0.395 e. The first kappa shape index (κ1) is 4.88. The lowest BCUT2D eigenvalue weighted by atomic mass is 10.7. The van der Waals surface area contributed by atoms with Crippen LogP contribution in [0.5, 0.6) is 0 Å². The number of aliphatic hydroxyl groups excluding tert-OH is 1. The van der Waals surface area contributed by atoms with E-state index in [1.165, 1.54) is 0 Å². The van der Waals surface area contributed by atoms with Gasteiger partial charge in [-0.15, -0.1) is 0 Å². The molecule has 0 aromatic carbocycles. The van der Waals surface area contributed by atoms with Gasteiger partial charge in [0, 0.05) is 0 Å². The van der Waals surface area contributed by atoms with Crippen molar-refractivity contribution in [3.63, 3.8) is 0 Å². The quantitative estimate of drug-likeness (QED) is 0.308. The van der Waals surface area contributed by atoms with Gasteiger partial charge in [0.2, 0.25) is 0 Å². The zero-order chi connectivity index (χ0) is 4.12. The van der Waals surface area contributed by atoms with E-state index in [2.05, 4.69) is 11.3 Å². The van der Waals surface area contributed by atoms with E-state index in [0.29, 0.717) is 6.54 Å². The molecule has 0 unspecified atom stereocenters. The van der Waals surface area contributed by atoms with Crippen molar-refractivity contribution in [2.75, 3.05) is 13.2 Å². The lowest BCUT2D eigenvalue weighted by molar-refractivity contribution is 0.292. The van der Waals surface area contributed by atoms with E-state index in [9.17, 15) is 0 Å². The van der Waals surface area contributed by atoms with Crippen LogP contribution < -0.4 is 11.3 Å². The second kappa shape index (κ2) is 3.88. The molecule has 3 nitrogen and oxygen atoms in total. The molecule has 1 radical (unpaired) electrons. The molecule has 0 saturated carbocycles. The Labute approximate surface area is 30.8 Å². The Balaban J connectivity index is 2.19. The lowest BCUT2D eigenvalue weighted by Crippen LogP contribution is -2.16. The number of nitrogens with two attached hydrogens (primary N) is 1. The fraction of sp³-hybridized carbons (Fsp3) is 1.00. The molecule has 0 saturated heterocycles. The van der Waals surface area contributed by atoms with Gasteiger partial charge in [-0.1, -0.05) is 0 Å². The van der Waals surface area contributed by atoms with Crippen molar-refractivity contribution in [2.24, 2.45) is 5.84 Å².